The Hall–Kier alpha value is -4.37. The summed E-state index contributed by atoms with van der Waals surface area (Å²) in [6, 6.07) is 6.80. The number of amides is 1. The molecule has 1 aromatic carbocycles. The van der Waals surface area contributed by atoms with Crippen molar-refractivity contribution >= 4 is 40.4 Å². The van der Waals surface area contributed by atoms with Gasteiger partial charge in [0, 0.05) is 41.0 Å². The van der Waals surface area contributed by atoms with E-state index in [2.05, 4.69) is 23.1 Å². The maximum absolute atomic E-state index is 15.4. The Kier molecular flexibility index (Phi) is 7.16. The van der Waals surface area contributed by atoms with E-state index in [-0.39, 0.29) is 62.9 Å². The molecule has 43 heavy (non-hydrogen) atoms. The largest absolute Gasteiger partial charge is 0.355 e. The lowest BCUT2D eigenvalue weighted by atomic mass is 10.0. The van der Waals surface area contributed by atoms with Crippen molar-refractivity contribution in [2.45, 2.75) is 52.5 Å². The van der Waals surface area contributed by atoms with Crippen LogP contribution in [0.2, 0.25) is 5.02 Å². The predicted octanol–water partition coefficient (Wildman–Crippen LogP) is 6.32. The van der Waals surface area contributed by atoms with Crippen molar-refractivity contribution in [1.82, 2.24) is 24.4 Å². The number of piperazine rings is 1. The molecule has 4 aromatic rings. The van der Waals surface area contributed by atoms with Crippen LogP contribution in [0.4, 0.5) is 10.2 Å². The van der Waals surface area contributed by atoms with Gasteiger partial charge in [-0.2, -0.15) is 4.98 Å². The lowest BCUT2D eigenvalue weighted by Crippen LogP contribution is -2.58. The third-order valence-corrected chi connectivity index (χ3v) is 7.96. The molecule has 222 valence electrons. The summed E-state index contributed by atoms with van der Waals surface area (Å²) in [4.78, 5) is 44.2. The fourth-order valence-electron chi connectivity index (χ4n) is 5.82. The van der Waals surface area contributed by atoms with Crippen LogP contribution in [0.15, 0.2) is 60.6 Å². The van der Waals surface area contributed by atoms with E-state index in [1.165, 1.54) is 36.5 Å². The quantitative estimate of drug-likeness (QED) is 0.240. The SMILES string of the molecule is [2H]C([2H])([2H])c1ccnc(C(C)C)c1-n1c(=O)nc(N2[C@@H](C)CN(C(=O)C=C)C[C@@H]2C)c2cc(Cl)c(-c3c(F)cccc3C=C)nc21. The lowest BCUT2D eigenvalue weighted by molar-refractivity contribution is -0.127. The van der Waals surface area contributed by atoms with Crippen LogP contribution in [-0.2, 0) is 4.79 Å². The highest BCUT2D eigenvalue weighted by Crippen LogP contribution is 2.38. The summed E-state index contributed by atoms with van der Waals surface area (Å²) in [5.74, 6) is -0.850. The summed E-state index contributed by atoms with van der Waals surface area (Å²) in [7, 11) is 0. The Bertz CT molecular complexity index is 1930. The van der Waals surface area contributed by atoms with Crippen molar-refractivity contribution < 1.29 is 13.3 Å². The van der Waals surface area contributed by atoms with Gasteiger partial charge in [-0.25, -0.2) is 18.7 Å². The third kappa shape index (κ3) is 5.22. The van der Waals surface area contributed by atoms with E-state index in [4.69, 9.17) is 20.7 Å². The van der Waals surface area contributed by atoms with Crippen molar-refractivity contribution in [3.63, 3.8) is 0 Å². The number of hydrogen-bond acceptors (Lipinski definition) is 6. The van der Waals surface area contributed by atoms with Gasteiger partial charge in [0.05, 0.1) is 27.5 Å². The van der Waals surface area contributed by atoms with Crippen LogP contribution in [-0.4, -0.2) is 55.5 Å². The van der Waals surface area contributed by atoms with Crippen LogP contribution < -0.4 is 10.6 Å². The van der Waals surface area contributed by atoms with Gasteiger partial charge < -0.3 is 9.80 Å². The monoisotopic (exact) mass is 603 g/mol. The maximum Gasteiger partial charge on any atom is 0.355 e. The average Bonchev–Trinajstić information content (AvgIpc) is 2.99. The first-order valence-electron chi connectivity index (χ1n) is 15.4. The molecule has 10 heteroatoms. The average molecular weight is 604 g/mol. The normalized spacial score (nSPS) is 18.3. The molecule has 1 aliphatic rings. The molecule has 3 aromatic heterocycles. The Balaban J connectivity index is 1.92. The molecular weight excluding hydrogens is 567 g/mol. The van der Waals surface area contributed by atoms with Crippen molar-refractivity contribution in [1.29, 1.82) is 0 Å². The smallest absolute Gasteiger partial charge is 0.347 e. The van der Waals surface area contributed by atoms with E-state index in [9.17, 15) is 9.59 Å². The van der Waals surface area contributed by atoms with Crippen LogP contribution in [0, 0.1) is 12.7 Å². The van der Waals surface area contributed by atoms with Gasteiger partial charge in [-0.3, -0.25) is 9.78 Å². The van der Waals surface area contributed by atoms with Crippen LogP contribution >= 0.6 is 11.6 Å². The number of benzene rings is 1. The van der Waals surface area contributed by atoms with Gasteiger partial charge in [0.25, 0.3) is 0 Å². The second-order valence-electron chi connectivity index (χ2n) is 11.0. The van der Waals surface area contributed by atoms with E-state index in [1.807, 2.05) is 32.6 Å². The molecule has 0 aliphatic carbocycles. The molecule has 4 heterocycles. The molecule has 1 aliphatic heterocycles. The van der Waals surface area contributed by atoms with Gasteiger partial charge in [-0.15, -0.1) is 0 Å². The van der Waals surface area contributed by atoms with Gasteiger partial charge >= 0.3 is 5.69 Å². The molecule has 0 radical (unpaired) electrons. The molecule has 2 atom stereocenters. The van der Waals surface area contributed by atoms with Gasteiger partial charge in [0.2, 0.25) is 5.91 Å². The second kappa shape index (κ2) is 11.7. The number of aromatic nitrogens is 4. The van der Waals surface area contributed by atoms with Crippen LogP contribution in [0.1, 0.15) is 54.5 Å². The highest BCUT2D eigenvalue weighted by molar-refractivity contribution is 6.34. The first-order valence-corrected chi connectivity index (χ1v) is 14.3. The number of halogens is 2. The number of fused-ring (bicyclic) bond motifs is 1. The lowest BCUT2D eigenvalue weighted by Gasteiger charge is -2.45. The molecular formula is C33H34ClFN6O2. The Morgan fingerprint density at radius 1 is 1.19 bits per heavy atom. The van der Waals surface area contributed by atoms with E-state index < -0.39 is 18.4 Å². The zero-order valence-electron chi connectivity index (χ0n) is 27.4. The van der Waals surface area contributed by atoms with Gasteiger partial charge in [0.15, 0.2) is 5.65 Å². The summed E-state index contributed by atoms with van der Waals surface area (Å²) in [6.45, 7) is 12.9. The zero-order valence-corrected chi connectivity index (χ0v) is 25.2. The number of carbonyl (C=O) groups is 1. The summed E-state index contributed by atoms with van der Waals surface area (Å²) in [5.41, 5.74) is 0.0371. The molecule has 8 nitrogen and oxygen atoms in total. The molecule has 1 fully saturated rings. The minimum Gasteiger partial charge on any atom is -0.347 e. The zero-order chi connectivity index (χ0) is 33.7. The summed E-state index contributed by atoms with van der Waals surface area (Å²) < 4.78 is 41.5. The third-order valence-electron chi connectivity index (χ3n) is 7.68. The number of carbonyl (C=O) groups excluding carboxylic acids is 1. The minimum atomic E-state index is -2.62. The summed E-state index contributed by atoms with van der Waals surface area (Å²) in [5, 5.41) is 0.420. The fourth-order valence-corrected chi connectivity index (χ4v) is 6.06. The topological polar surface area (TPSA) is 84.2 Å². The van der Waals surface area contributed by atoms with Gasteiger partial charge in [0.1, 0.15) is 11.6 Å². The maximum atomic E-state index is 15.4. The predicted molar refractivity (Wildman–Crippen MR) is 170 cm³/mol. The van der Waals surface area contributed by atoms with E-state index in [0.717, 1.165) is 4.57 Å². The van der Waals surface area contributed by atoms with Gasteiger partial charge in [-0.1, -0.05) is 56.8 Å². The molecule has 0 bridgehead atoms. The first-order chi connectivity index (χ1) is 21.7. The number of aryl methyl sites for hydroxylation is 1. The molecule has 5 rings (SSSR count). The van der Waals surface area contributed by atoms with Crippen molar-refractivity contribution in [3.8, 4) is 16.9 Å². The van der Waals surface area contributed by atoms with E-state index in [0.29, 0.717) is 29.7 Å². The number of hydrogen-bond donors (Lipinski definition) is 0. The Labute approximate surface area is 259 Å². The van der Waals surface area contributed by atoms with Crippen molar-refractivity contribution in [3.05, 3.63) is 93.9 Å². The highest BCUT2D eigenvalue weighted by Gasteiger charge is 2.34. The molecule has 0 spiro atoms. The van der Waals surface area contributed by atoms with Gasteiger partial charge in [-0.05, 0) is 62.0 Å². The number of nitrogens with zero attached hydrogens (tertiary/aromatic N) is 6. The molecule has 1 amide bonds. The standard InChI is InChI=1S/C33H34ClFN6O2/c1-8-22-11-10-12-25(35)27(22)29-24(34)15-23-31(37-29)41(30-19(5)13-14-36-28(30)18(3)4)33(43)38-32(23)40-20(6)16-39(17-21(40)7)26(42)9-2/h8-15,18,20-21H,1-2,16-17H2,3-7H3/t20-,21-/m0/s1/i5D3. The fraction of sp³-hybridized carbons (Fsp3) is 0.303. The highest BCUT2D eigenvalue weighted by atomic mass is 35.5. The number of rotatable bonds is 6. The van der Waals surface area contributed by atoms with Crippen molar-refractivity contribution in [2.75, 3.05) is 18.0 Å². The van der Waals surface area contributed by atoms with Crippen LogP contribution in [0.5, 0.6) is 0 Å². The Morgan fingerprint density at radius 2 is 1.91 bits per heavy atom. The van der Waals surface area contributed by atoms with E-state index >= 15 is 4.39 Å². The van der Waals surface area contributed by atoms with Crippen LogP contribution in [0.25, 0.3) is 34.1 Å². The molecule has 0 saturated carbocycles. The minimum absolute atomic E-state index is 0.0251. The summed E-state index contributed by atoms with van der Waals surface area (Å²) in [6.07, 6.45) is 4.14. The van der Waals surface area contributed by atoms with Crippen molar-refractivity contribution in [2.24, 2.45) is 0 Å². The number of anilines is 1. The molecule has 0 N–H and O–H groups in total. The molecule has 1 saturated heterocycles. The van der Waals surface area contributed by atoms with E-state index in [1.54, 1.807) is 17.0 Å². The second-order valence-corrected chi connectivity index (χ2v) is 11.4. The summed E-state index contributed by atoms with van der Waals surface area (Å²) >= 11 is 6.87. The first kappa shape index (κ1) is 26.3. The number of pyridine rings is 2. The van der Waals surface area contributed by atoms with Crippen LogP contribution in [0.3, 0.4) is 0 Å². The molecule has 0 unspecified atom stereocenters. The Morgan fingerprint density at radius 3 is 2.53 bits per heavy atom.